The van der Waals surface area contributed by atoms with Crippen LogP contribution >= 0.6 is 11.6 Å². The molecule has 21 heavy (non-hydrogen) atoms. The highest BCUT2D eigenvalue weighted by Crippen LogP contribution is 2.25. The molecule has 0 unspecified atom stereocenters. The average Bonchev–Trinajstić information content (AvgIpc) is 2.44. The van der Waals surface area contributed by atoms with Crippen molar-refractivity contribution in [3.8, 4) is 5.75 Å². The summed E-state index contributed by atoms with van der Waals surface area (Å²) < 4.78 is 29.9. The molecule has 2 aromatic carbocycles. The van der Waals surface area contributed by atoms with E-state index in [0.717, 1.165) is 5.75 Å². The van der Waals surface area contributed by atoms with Gasteiger partial charge in [0.15, 0.2) is 9.84 Å². The van der Waals surface area contributed by atoms with Crippen molar-refractivity contribution >= 4 is 27.1 Å². The molecule has 0 amide bonds. The molecule has 0 atom stereocenters. The van der Waals surface area contributed by atoms with Crippen molar-refractivity contribution in [2.75, 3.05) is 18.1 Å². The maximum Gasteiger partial charge on any atom is 0.179 e. The molecule has 0 aliphatic heterocycles. The minimum absolute atomic E-state index is 0.0243. The zero-order valence-corrected chi connectivity index (χ0v) is 12.9. The van der Waals surface area contributed by atoms with Crippen LogP contribution in [0.3, 0.4) is 0 Å². The average molecular weight is 326 g/mol. The van der Waals surface area contributed by atoms with E-state index in [9.17, 15) is 8.42 Å². The predicted octanol–water partition coefficient (Wildman–Crippen LogP) is 3.17. The number of para-hydroxylation sites is 1. The second-order valence-electron chi connectivity index (χ2n) is 4.52. The molecule has 2 N–H and O–H groups in total. The van der Waals surface area contributed by atoms with Gasteiger partial charge in [0.05, 0.1) is 22.3 Å². The third-order valence-electron chi connectivity index (χ3n) is 2.86. The maximum atomic E-state index is 12.2. The molecule has 6 heteroatoms. The summed E-state index contributed by atoms with van der Waals surface area (Å²) in [4.78, 5) is 0.109. The normalized spacial score (nSPS) is 11.3. The summed E-state index contributed by atoms with van der Waals surface area (Å²) >= 11 is 5.93. The highest BCUT2D eigenvalue weighted by atomic mass is 35.5. The number of hydrogen-bond acceptors (Lipinski definition) is 4. The van der Waals surface area contributed by atoms with Crippen LogP contribution in [0, 0.1) is 0 Å². The zero-order valence-electron chi connectivity index (χ0n) is 11.3. The van der Waals surface area contributed by atoms with E-state index in [1.165, 1.54) is 18.2 Å². The van der Waals surface area contributed by atoms with Crippen molar-refractivity contribution in [1.29, 1.82) is 0 Å². The van der Waals surface area contributed by atoms with Gasteiger partial charge in [-0.25, -0.2) is 8.42 Å². The number of sulfone groups is 1. The molecule has 0 bridgehead atoms. The molecule has 0 heterocycles. The summed E-state index contributed by atoms with van der Waals surface area (Å²) in [5.74, 6) is 0.698. The van der Waals surface area contributed by atoms with Crippen LogP contribution in [0.4, 0.5) is 5.69 Å². The van der Waals surface area contributed by atoms with Crippen molar-refractivity contribution in [2.24, 2.45) is 0 Å². The summed E-state index contributed by atoms with van der Waals surface area (Å²) in [6.45, 7) is 0.329. The Morgan fingerprint density at radius 2 is 1.81 bits per heavy atom. The first kappa shape index (κ1) is 15.7. The van der Waals surface area contributed by atoms with Crippen LogP contribution in [0.15, 0.2) is 53.4 Å². The molecule has 0 aliphatic rings. The highest BCUT2D eigenvalue weighted by Gasteiger charge is 2.17. The summed E-state index contributed by atoms with van der Waals surface area (Å²) in [6, 6.07) is 13.7. The molecule has 0 saturated heterocycles. The predicted molar refractivity (Wildman–Crippen MR) is 84.5 cm³/mol. The highest BCUT2D eigenvalue weighted by molar-refractivity contribution is 7.91. The molecule has 0 saturated carbocycles. The summed E-state index contributed by atoms with van der Waals surface area (Å²) in [5, 5.41) is 0.152. The fourth-order valence-electron chi connectivity index (χ4n) is 1.83. The molecule has 0 fully saturated rings. The van der Waals surface area contributed by atoms with Gasteiger partial charge in [-0.1, -0.05) is 29.8 Å². The molecule has 112 valence electrons. The van der Waals surface area contributed by atoms with E-state index >= 15 is 0 Å². The van der Waals surface area contributed by atoms with Crippen LogP contribution < -0.4 is 10.5 Å². The van der Waals surface area contributed by atoms with Crippen molar-refractivity contribution in [2.45, 2.75) is 11.3 Å². The Morgan fingerprint density at radius 3 is 2.48 bits per heavy atom. The van der Waals surface area contributed by atoms with Gasteiger partial charge in [0.25, 0.3) is 0 Å². The molecular formula is C15H16ClNO3S. The van der Waals surface area contributed by atoms with E-state index in [-0.39, 0.29) is 15.7 Å². The largest absolute Gasteiger partial charge is 0.494 e. The SMILES string of the molecule is Nc1ccc(S(=O)(=O)CCCOc2ccccc2)c(Cl)c1. The topological polar surface area (TPSA) is 69.4 Å². The first-order valence-electron chi connectivity index (χ1n) is 6.45. The van der Waals surface area contributed by atoms with Gasteiger partial charge in [0.1, 0.15) is 5.75 Å². The van der Waals surface area contributed by atoms with Gasteiger partial charge >= 0.3 is 0 Å². The third kappa shape index (κ3) is 4.37. The van der Waals surface area contributed by atoms with Crippen LogP contribution in [0.5, 0.6) is 5.75 Å². The Morgan fingerprint density at radius 1 is 1.10 bits per heavy atom. The van der Waals surface area contributed by atoms with E-state index in [2.05, 4.69) is 0 Å². The van der Waals surface area contributed by atoms with Crippen LogP contribution in [-0.4, -0.2) is 20.8 Å². The Bertz CT molecular complexity index is 702. The van der Waals surface area contributed by atoms with Crippen LogP contribution in [-0.2, 0) is 9.84 Å². The van der Waals surface area contributed by atoms with Gasteiger partial charge in [0.2, 0.25) is 0 Å². The van der Waals surface area contributed by atoms with Crippen molar-refractivity contribution in [1.82, 2.24) is 0 Å². The monoisotopic (exact) mass is 325 g/mol. The molecule has 4 nitrogen and oxygen atoms in total. The summed E-state index contributed by atoms with van der Waals surface area (Å²) in [5.41, 5.74) is 5.99. The number of rotatable bonds is 6. The third-order valence-corrected chi connectivity index (χ3v) is 5.14. The molecule has 0 radical (unpaired) electrons. The second-order valence-corrected chi connectivity index (χ2v) is 7.01. The van der Waals surface area contributed by atoms with E-state index in [1.54, 1.807) is 0 Å². The number of nitrogen functional groups attached to an aromatic ring is 1. The van der Waals surface area contributed by atoms with Crippen LogP contribution in [0.1, 0.15) is 6.42 Å². The molecule has 0 aromatic heterocycles. The number of halogens is 1. The number of anilines is 1. The van der Waals surface area contributed by atoms with Gasteiger partial charge < -0.3 is 10.5 Å². The van der Waals surface area contributed by atoms with E-state index in [1.807, 2.05) is 30.3 Å². The molecule has 0 aliphatic carbocycles. The number of ether oxygens (including phenoxy) is 1. The fraction of sp³-hybridized carbons (Fsp3) is 0.200. The lowest BCUT2D eigenvalue weighted by molar-refractivity contribution is 0.317. The Hall–Kier alpha value is -1.72. The summed E-state index contributed by atoms with van der Waals surface area (Å²) in [7, 11) is -3.43. The van der Waals surface area contributed by atoms with Gasteiger partial charge in [-0.05, 0) is 36.8 Å². The lowest BCUT2D eigenvalue weighted by atomic mass is 10.3. The van der Waals surface area contributed by atoms with Gasteiger partial charge in [-0.15, -0.1) is 0 Å². The molecule has 2 rings (SSSR count). The minimum atomic E-state index is -3.43. The van der Waals surface area contributed by atoms with Gasteiger partial charge in [-0.2, -0.15) is 0 Å². The Balaban J connectivity index is 1.92. The minimum Gasteiger partial charge on any atom is -0.494 e. The first-order chi connectivity index (χ1) is 9.99. The zero-order chi connectivity index (χ0) is 15.3. The summed E-state index contributed by atoms with van der Waals surface area (Å²) in [6.07, 6.45) is 0.387. The molecule has 0 spiro atoms. The molecule has 2 aromatic rings. The van der Waals surface area contributed by atoms with Crippen LogP contribution in [0.25, 0.3) is 0 Å². The van der Waals surface area contributed by atoms with Gasteiger partial charge in [0, 0.05) is 5.69 Å². The lowest BCUT2D eigenvalue weighted by Crippen LogP contribution is -2.11. The van der Waals surface area contributed by atoms with Crippen molar-refractivity contribution in [3.63, 3.8) is 0 Å². The van der Waals surface area contributed by atoms with Gasteiger partial charge in [-0.3, -0.25) is 0 Å². The number of hydrogen-bond donors (Lipinski definition) is 1. The Labute approximate surface area is 129 Å². The fourth-order valence-corrected chi connectivity index (χ4v) is 3.73. The second kappa shape index (κ2) is 6.83. The smallest absolute Gasteiger partial charge is 0.179 e. The van der Waals surface area contributed by atoms with E-state index < -0.39 is 9.84 Å². The van der Waals surface area contributed by atoms with Crippen molar-refractivity contribution in [3.05, 3.63) is 53.6 Å². The lowest BCUT2D eigenvalue weighted by Gasteiger charge is -2.08. The first-order valence-corrected chi connectivity index (χ1v) is 8.48. The Kier molecular flexibility index (Phi) is 5.09. The maximum absolute atomic E-state index is 12.2. The van der Waals surface area contributed by atoms with E-state index in [4.69, 9.17) is 22.1 Å². The quantitative estimate of drug-likeness (QED) is 0.654. The number of nitrogens with two attached hydrogens (primary N) is 1. The van der Waals surface area contributed by atoms with Crippen LogP contribution in [0.2, 0.25) is 5.02 Å². The molecular weight excluding hydrogens is 310 g/mol. The number of benzene rings is 2. The standard InChI is InChI=1S/C15H16ClNO3S/c16-14-11-12(17)7-8-15(14)21(18,19)10-4-9-20-13-5-2-1-3-6-13/h1-3,5-8,11H,4,9-10,17H2. The van der Waals surface area contributed by atoms with E-state index in [0.29, 0.717) is 18.7 Å². The van der Waals surface area contributed by atoms with Crippen molar-refractivity contribution < 1.29 is 13.2 Å².